The average Bonchev–Trinajstić information content (AvgIpc) is 2.87. The third-order valence-corrected chi connectivity index (χ3v) is 7.01. The molecule has 2 unspecified atom stereocenters. The minimum atomic E-state index is -0.212. The van der Waals surface area contributed by atoms with E-state index in [2.05, 4.69) is 18.8 Å². The SMILES string of the molecule is Cn1cncc1CN(CCO)C(=O)C12CC3CC(C)(CC(C)(C3)C1)C2. The quantitative estimate of drug-likeness (QED) is 0.893. The average molecular weight is 345 g/mol. The second-order valence-corrected chi connectivity index (χ2v) is 9.86. The van der Waals surface area contributed by atoms with E-state index in [9.17, 15) is 9.90 Å². The maximum absolute atomic E-state index is 13.7. The molecule has 25 heavy (non-hydrogen) atoms. The van der Waals surface area contributed by atoms with E-state index in [-0.39, 0.29) is 17.9 Å². The van der Waals surface area contributed by atoms with E-state index in [1.807, 2.05) is 22.7 Å². The molecule has 0 radical (unpaired) electrons. The highest BCUT2D eigenvalue weighted by Crippen LogP contribution is 2.69. The Labute approximate surface area is 150 Å². The molecule has 5 nitrogen and oxygen atoms in total. The predicted octanol–water partition coefficient (Wildman–Crippen LogP) is 2.74. The molecule has 1 heterocycles. The molecule has 0 aliphatic heterocycles. The zero-order chi connectivity index (χ0) is 17.9. The summed E-state index contributed by atoms with van der Waals surface area (Å²) in [5.41, 5.74) is 1.45. The molecule has 1 N–H and O–H groups in total. The molecule has 0 aromatic carbocycles. The van der Waals surface area contributed by atoms with Crippen LogP contribution in [0.2, 0.25) is 0 Å². The van der Waals surface area contributed by atoms with Crippen molar-refractivity contribution in [3.8, 4) is 0 Å². The van der Waals surface area contributed by atoms with E-state index in [0.29, 0.717) is 29.8 Å². The van der Waals surface area contributed by atoms with Gasteiger partial charge in [-0.1, -0.05) is 13.8 Å². The predicted molar refractivity (Wildman–Crippen MR) is 95.5 cm³/mol. The van der Waals surface area contributed by atoms with Gasteiger partial charge in [-0.3, -0.25) is 4.79 Å². The Kier molecular flexibility index (Phi) is 3.80. The highest BCUT2D eigenvalue weighted by atomic mass is 16.3. The topological polar surface area (TPSA) is 58.4 Å². The maximum Gasteiger partial charge on any atom is 0.229 e. The summed E-state index contributed by atoms with van der Waals surface area (Å²) in [6, 6.07) is 0. The number of carbonyl (C=O) groups excluding carboxylic acids is 1. The van der Waals surface area contributed by atoms with Crippen molar-refractivity contribution in [3.05, 3.63) is 18.2 Å². The highest BCUT2D eigenvalue weighted by Gasteiger charge is 2.63. The van der Waals surface area contributed by atoms with Crippen molar-refractivity contribution in [1.82, 2.24) is 14.5 Å². The number of nitrogens with zero attached hydrogens (tertiary/aromatic N) is 3. The van der Waals surface area contributed by atoms with E-state index in [4.69, 9.17) is 0 Å². The molecule has 1 aromatic heterocycles. The van der Waals surface area contributed by atoms with Gasteiger partial charge in [0.25, 0.3) is 0 Å². The van der Waals surface area contributed by atoms with Gasteiger partial charge in [0, 0.05) is 19.8 Å². The maximum atomic E-state index is 13.7. The molecule has 5 rings (SSSR count). The highest BCUT2D eigenvalue weighted by molar-refractivity contribution is 5.83. The van der Waals surface area contributed by atoms with E-state index in [1.165, 1.54) is 19.3 Å². The zero-order valence-corrected chi connectivity index (χ0v) is 15.8. The van der Waals surface area contributed by atoms with Crippen LogP contribution < -0.4 is 0 Å². The molecule has 4 bridgehead atoms. The fraction of sp³-hybridized carbons (Fsp3) is 0.800. The molecule has 4 aliphatic carbocycles. The summed E-state index contributed by atoms with van der Waals surface area (Å²) < 4.78 is 1.96. The Morgan fingerprint density at radius 2 is 1.96 bits per heavy atom. The summed E-state index contributed by atoms with van der Waals surface area (Å²) in [4.78, 5) is 19.8. The number of aryl methyl sites for hydroxylation is 1. The lowest BCUT2D eigenvalue weighted by molar-refractivity contribution is -0.180. The number of amides is 1. The summed E-state index contributed by atoms with van der Waals surface area (Å²) in [5.74, 6) is 0.965. The molecule has 5 heteroatoms. The van der Waals surface area contributed by atoms with Crippen LogP contribution in [-0.4, -0.2) is 38.6 Å². The first-order chi connectivity index (χ1) is 11.8. The normalized spacial score (nSPS) is 39.0. The van der Waals surface area contributed by atoms with Crippen LogP contribution in [0.1, 0.15) is 58.1 Å². The lowest BCUT2D eigenvalue weighted by Crippen LogP contribution is -2.60. The van der Waals surface area contributed by atoms with Gasteiger partial charge in [-0.05, 0) is 55.3 Å². The Balaban J connectivity index is 1.62. The van der Waals surface area contributed by atoms with Crippen molar-refractivity contribution in [2.24, 2.45) is 29.2 Å². The second-order valence-electron chi connectivity index (χ2n) is 9.86. The lowest BCUT2D eigenvalue weighted by Gasteiger charge is -2.65. The molecule has 0 spiro atoms. The molecule has 4 saturated carbocycles. The molecule has 138 valence electrons. The van der Waals surface area contributed by atoms with Crippen LogP contribution in [0.15, 0.2) is 12.5 Å². The van der Waals surface area contributed by atoms with Crippen LogP contribution >= 0.6 is 0 Å². The van der Waals surface area contributed by atoms with Gasteiger partial charge in [-0.15, -0.1) is 0 Å². The van der Waals surface area contributed by atoms with Crippen molar-refractivity contribution >= 4 is 5.91 Å². The number of aliphatic hydroxyl groups is 1. The van der Waals surface area contributed by atoms with Crippen LogP contribution in [0.5, 0.6) is 0 Å². The van der Waals surface area contributed by atoms with Crippen molar-refractivity contribution in [2.75, 3.05) is 13.2 Å². The molecule has 1 aromatic rings. The second kappa shape index (κ2) is 5.57. The van der Waals surface area contributed by atoms with E-state index < -0.39 is 0 Å². The summed E-state index contributed by atoms with van der Waals surface area (Å²) in [6.45, 7) is 5.75. The minimum Gasteiger partial charge on any atom is -0.395 e. The number of rotatable bonds is 5. The standard InChI is InChI=1S/C20H31N3O2/c1-18-6-15-7-19(2,11-18)13-20(8-15,12-18)17(25)23(4-5-24)10-16-9-21-14-22(16)3/h9,14-15,24H,4-8,10-13H2,1-3H3. The Morgan fingerprint density at radius 3 is 2.48 bits per heavy atom. The number of aromatic nitrogens is 2. The molecule has 2 atom stereocenters. The first-order valence-electron chi connectivity index (χ1n) is 9.62. The largest absolute Gasteiger partial charge is 0.395 e. The number of hydrogen-bond acceptors (Lipinski definition) is 3. The number of hydrogen-bond donors (Lipinski definition) is 1. The lowest BCUT2D eigenvalue weighted by atomic mass is 9.40. The van der Waals surface area contributed by atoms with Gasteiger partial charge in [0.1, 0.15) is 0 Å². The first-order valence-corrected chi connectivity index (χ1v) is 9.62. The summed E-state index contributed by atoms with van der Waals surface area (Å²) in [6.07, 6.45) is 10.5. The molecule has 4 fully saturated rings. The third-order valence-electron chi connectivity index (χ3n) is 7.01. The van der Waals surface area contributed by atoms with Crippen LogP contribution in [0.3, 0.4) is 0 Å². The summed E-state index contributed by atoms with van der Waals surface area (Å²) >= 11 is 0. The van der Waals surface area contributed by atoms with Gasteiger partial charge in [-0.25, -0.2) is 4.98 Å². The van der Waals surface area contributed by atoms with Gasteiger partial charge >= 0.3 is 0 Å². The van der Waals surface area contributed by atoms with Crippen LogP contribution in [-0.2, 0) is 18.4 Å². The van der Waals surface area contributed by atoms with Crippen LogP contribution in [0.25, 0.3) is 0 Å². The molecular weight excluding hydrogens is 314 g/mol. The van der Waals surface area contributed by atoms with E-state index >= 15 is 0 Å². The van der Waals surface area contributed by atoms with Gasteiger partial charge in [-0.2, -0.15) is 0 Å². The fourth-order valence-electron chi connectivity index (χ4n) is 7.13. The summed E-state index contributed by atoms with van der Waals surface area (Å²) in [7, 11) is 1.96. The van der Waals surface area contributed by atoms with Crippen molar-refractivity contribution in [2.45, 2.75) is 58.9 Å². The smallest absolute Gasteiger partial charge is 0.229 e. The van der Waals surface area contributed by atoms with Gasteiger partial charge in [0.05, 0.1) is 30.6 Å². The summed E-state index contributed by atoms with van der Waals surface area (Å²) in [5, 5.41) is 9.55. The monoisotopic (exact) mass is 345 g/mol. The minimum absolute atomic E-state index is 0.0115. The van der Waals surface area contributed by atoms with Crippen molar-refractivity contribution in [3.63, 3.8) is 0 Å². The van der Waals surface area contributed by atoms with Gasteiger partial charge in [0.2, 0.25) is 5.91 Å². The van der Waals surface area contributed by atoms with Crippen molar-refractivity contribution < 1.29 is 9.90 Å². The van der Waals surface area contributed by atoms with Crippen LogP contribution in [0, 0.1) is 22.2 Å². The molecule has 0 saturated heterocycles. The van der Waals surface area contributed by atoms with Crippen molar-refractivity contribution in [1.29, 1.82) is 0 Å². The van der Waals surface area contributed by atoms with Gasteiger partial charge < -0.3 is 14.6 Å². The number of imidazole rings is 1. The Morgan fingerprint density at radius 1 is 1.28 bits per heavy atom. The fourth-order valence-corrected chi connectivity index (χ4v) is 7.13. The zero-order valence-electron chi connectivity index (χ0n) is 15.8. The van der Waals surface area contributed by atoms with E-state index in [1.54, 1.807) is 6.33 Å². The van der Waals surface area contributed by atoms with Crippen LogP contribution in [0.4, 0.5) is 0 Å². The molecule has 4 aliphatic rings. The Bertz CT molecular complexity index is 664. The number of carbonyl (C=O) groups is 1. The third kappa shape index (κ3) is 2.80. The van der Waals surface area contributed by atoms with Gasteiger partial charge in [0.15, 0.2) is 0 Å². The first kappa shape index (κ1) is 17.1. The molecular formula is C20H31N3O2. The number of aliphatic hydroxyl groups excluding tert-OH is 1. The van der Waals surface area contributed by atoms with E-state index in [0.717, 1.165) is 25.0 Å². The Hall–Kier alpha value is -1.36. The molecule has 1 amide bonds.